The molecular formula is C42H48N2O11. The summed E-state index contributed by atoms with van der Waals surface area (Å²) in [6, 6.07) is 8.24. The summed E-state index contributed by atoms with van der Waals surface area (Å²) >= 11 is 0. The normalized spacial score (nSPS) is 35.1. The third kappa shape index (κ3) is 4.77. The standard InChI is InChI=1S/C22H25NO6.C20H23NO5/c1-12(24)27-18-17-14-10-16-15(25-11-26-16)9-13(14)5-8-23-7-4-6-22(17,23)20-19(18)28-21(2,3)29-20;1-19(2)25-17-16(22)15-12-9-14-13(23-10-24-14)8-11(12)4-7-21-6-3-5-20(15,21)18(17)26-19/h9-10,19-20H,4-8,11H2,1-3H3;8-9,17-18,22H,3-7,10H2,1-2H3/t19-,20-,22-;17-,18-,20-/m11/s1. The van der Waals surface area contributed by atoms with Crippen molar-refractivity contribution in [2.24, 2.45) is 0 Å². The van der Waals surface area contributed by atoms with Crippen LogP contribution in [0.15, 0.2) is 35.8 Å². The molecule has 0 bridgehead atoms. The SMILES string of the molecule is CC(=O)OC1=C2c3cc4c(cc3CCN3CCC[C@]23[C@@H]2OC(C)(C)O[C@H]12)OCO4.CC1(C)O[C@@H]2C(O)=C3c4cc5c(cc4CCN4CCC[C@]34[C@@H]2O1)OCO5. The van der Waals surface area contributed by atoms with Crippen LogP contribution < -0.4 is 18.9 Å². The van der Waals surface area contributed by atoms with Crippen LogP contribution in [0.5, 0.6) is 23.0 Å². The molecule has 2 aromatic rings. The maximum atomic E-state index is 12.1. The summed E-state index contributed by atoms with van der Waals surface area (Å²) in [6.45, 7) is 13.5. The van der Waals surface area contributed by atoms with Gasteiger partial charge in [0.25, 0.3) is 0 Å². The Balaban J connectivity index is 0.000000129. The molecular weight excluding hydrogens is 708 g/mol. The summed E-state index contributed by atoms with van der Waals surface area (Å²) in [5.41, 5.74) is 5.84. The third-order valence-corrected chi connectivity index (χ3v) is 13.4. The average Bonchev–Trinajstić information content (AvgIpc) is 4.00. The molecule has 2 aliphatic carbocycles. The predicted molar refractivity (Wildman–Crippen MR) is 195 cm³/mol. The molecule has 6 atom stereocenters. The zero-order valence-electron chi connectivity index (χ0n) is 32.0. The highest BCUT2D eigenvalue weighted by molar-refractivity contribution is 5.86. The van der Waals surface area contributed by atoms with Crippen molar-refractivity contribution < 1.29 is 52.5 Å². The fraction of sp³-hybridized carbons (Fsp3) is 0.595. The first-order valence-corrected chi connectivity index (χ1v) is 19.8. The number of benzene rings is 2. The van der Waals surface area contributed by atoms with Crippen LogP contribution in [-0.2, 0) is 41.3 Å². The maximum Gasteiger partial charge on any atom is 0.307 e. The molecule has 0 saturated carbocycles. The van der Waals surface area contributed by atoms with Crippen molar-refractivity contribution in [1.29, 1.82) is 0 Å². The van der Waals surface area contributed by atoms with Crippen LogP contribution in [0, 0.1) is 0 Å². The third-order valence-electron chi connectivity index (χ3n) is 13.4. The molecule has 0 amide bonds. The first-order chi connectivity index (χ1) is 26.4. The zero-order chi connectivity index (χ0) is 37.6. The van der Waals surface area contributed by atoms with Crippen molar-refractivity contribution in [2.75, 3.05) is 39.8 Å². The number of fused-ring (bicyclic) bond motifs is 8. The number of esters is 1. The Labute approximate surface area is 320 Å². The van der Waals surface area contributed by atoms with E-state index in [1.165, 1.54) is 18.1 Å². The van der Waals surface area contributed by atoms with E-state index in [-0.39, 0.29) is 42.8 Å². The Morgan fingerprint density at radius 2 is 1.15 bits per heavy atom. The van der Waals surface area contributed by atoms with E-state index in [2.05, 4.69) is 21.9 Å². The molecule has 292 valence electrons. The minimum atomic E-state index is -0.723. The lowest BCUT2D eigenvalue weighted by atomic mass is 9.81. The lowest BCUT2D eigenvalue weighted by Gasteiger charge is -2.40. The second-order valence-electron chi connectivity index (χ2n) is 17.3. The van der Waals surface area contributed by atoms with Gasteiger partial charge in [0, 0.05) is 31.2 Å². The van der Waals surface area contributed by atoms with Gasteiger partial charge in [0.05, 0.1) is 11.1 Å². The molecule has 8 aliphatic heterocycles. The van der Waals surface area contributed by atoms with Gasteiger partial charge in [-0.15, -0.1) is 0 Å². The van der Waals surface area contributed by atoms with E-state index in [1.807, 2.05) is 39.8 Å². The van der Waals surface area contributed by atoms with Gasteiger partial charge < -0.3 is 47.7 Å². The zero-order valence-corrected chi connectivity index (χ0v) is 32.0. The number of rotatable bonds is 1. The Kier molecular flexibility index (Phi) is 7.26. The molecule has 1 N–H and O–H groups in total. The maximum absolute atomic E-state index is 12.1. The molecule has 4 fully saturated rings. The highest BCUT2D eigenvalue weighted by Gasteiger charge is 2.68. The number of carbonyl (C=O) groups is 1. The van der Waals surface area contributed by atoms with Crippen LogP contribution in [0.25, 0.3) is 11.1 Å². The largest absolute Gasteiger partial charge is 0.509 e. The number of aliphatic hydroxyl groups excluding tert-OH is 1. The molecule has 10 aliphatic rings. The van der Waals surface area contributed by atoms with Crippen LogP contribution >= 0.6 is 0 Å². The van der Waals surface area contributed by atoms with Crippen molar-refractivity contribution >= 4 is 17.1 Å². The van der Waals surface area contributed by atoms with Crippen LogP contribution in [0.3, 0.4) is 0 Å². The topological polar surface area (TPSA) is 127 Å². The number of carbonyl (C=O) groups excluding carboxylic acids is 1. The van der Waals surface area contributed by atoms with E-state index in [0.29, 0.717) is 11.5 Å². The quantitative estimate of drug-likeness (QED) is 0.383. The molecule has 0 radical (unpaired) electrons. The Morgan fingerprint density at radius 3 is 1.69 bits per heavy atom. The number of aliphatic hydroxyl groups is 1. The van der Waals surface area contributed by atoms with E-state index < -0.39 is 23.8 Å². The van der Waals surface area contributed by atoms with E-state index in [4.69, 9.17) is 42.6 Å². The minimum absolute atomic E-state index is 0.175. The fourth-order valence-corrected chi connectivity index (χ4v) is 11.6. The average molecular weight is 757 g/mol. The van der Waals surface area contributed by atoms with Crippen LogP contribution in [0.1, 0.15) is 82.6 Å². The van der Waals surface area contributed by atoms with Gasteiger partial charge >= 0.3 is 5.97 Å². The van der Waals surface area contributed by atoms with Gasteiger partial charge in [-0.2, -0.15) is 0 Å². The molecule has 8 heterocycles. The number of hydrogen-bond donors (Lipinski definition) is 1. The highest BCUT2D eigenvalue weighted by Crippen LogP contribution is 2.61. The molecule has 2 spiro atoms. The summed E-state index contributed by atoms with van der Waals surface area (Å²) in [5, 5.41) is 11.3. The molecule has 55 heavy (non-hydrogen) atoms. The first kappa shape index (κ1) is 34.4. The molecule has 13 nitrogen and oxygen atoms in total. The molecule has 0 unspecified atom stereocenters. The Hall–Kier alpha value is -3.85. The van der Waals surface area contributed by atoms with Gasteiger partial charge in [0.1, 0.15) is 35.9 Å². The van der Waals surface area contributed by atoms with Crippen LogP contribution in [0.2, 0.25) is 0 Å². The van der Waals surface area contributed by atoms with E-state index >= 15 is 0 Å². The van der Waals surface area contributed by atoms with Gasteiger partial charge in [-0.25, -0.2) is 0 Å². The van der Waals surface area contributed by atoms with Gasteiger partial charge in [0.15, 0.2) is 34.6 Å². The molecule has 12 rings (SSSR count). The minimum Gasteiger partial charge on any atom is -0.509 e. The van der Waals surface area contributed by atoms with Gasteiger partial charge in [-0.1, -0.05) is 0 Å². The smallest absolute Gasteiger partial charge is 0.307 e. The molecule has 0 aromatic heterocycles. The van der Waals surface area contributed by atoms with E-state index in [1.54, 1.807) is 0 Å². The Bertz CT molecular complexity index is 2090. The van der Waals surface area contributed by atoms with E-state index in [0.717, 1.165) is 110 Å². The molecule has 4 saturated heterocycles. The van der Waals surface area contributed by atoms with Gasteiger partial charge in [-0.05, 0) is 126 Å². The lowest BCUT2D eigenvalue weighted by Crippen LogP contribution is -2.53. The van der Waals surface area contributed by atoms with Gasteiger partial charge in [0.2, 0.25) is 13.6 Å². The predicted octanol–water partition coefficient (Wildman–Crippen LogP) is 5.22. The summed E-state index contributed by atoms with van der Waals surface area (Å²) in [4.78, 5) is 17.1. The Morgan fingerprint density at radius 1 is 0.673 bits per heavy atom. The monoisotopic (exact) mass is 756 g/mol. The number of nitrogens with zero attached hydrogens (tertiary/aromatic N) is 2. The highest BCUT2D eigenvalue weighted by atomic mass is 16.8. The summed E-state index contributed by atoms with van der Waals surface area (Å²) in [6.07, 6.45) is 4.72. The number of hydrogen-bond acceptors (Lipinski definition) is 13. The van der Waals surface area contributed by atoms with Crippen LogP contribution in [-0.4, -0.2) is 108 Å². The van der Waals surface area contributed by atoms with Gasteiger partial charge in [-0.3, -0.25) is 14.6 Å². The number of ether oxygens (including phenoxy) is 9. The molecule has 2 aromatic carbocycles. The fourth-order valence-electron chi connectivity index (χ4n) is 11.6. The van der Waals surface area contributed by atoms with Crippen molar-refractivity contribution in [3.05, 3.63) is 58.0 Å². The summed E-state index contributed by atoms with van der Waals surface area (Å²) in [7, 11) is 0. The first-order valence-electron chi connectivity index (χ1n) is 19.8. The molecule has 13 heteroatoms. The summed E-state index contributed by atoms with van der Waals surface area (Å²) < 4.78 is 53.6. The summed E-state index contributed by atoms with van der Waals surface area (Å²) in [5.74, 6) is 2.25. The second kappa shape index (κ2) is 11.6. The van der Waals surface area contributed by atoms with Crippen LogP contribution in [0.4, 0.5) is 0 Å². The second-order valence-corrected chi connectivity index (χ2v) is 17.3. The van der Waals surface area contributed by atoms with Crippen molar-refractivity contribution in [3.63, 3.8) is 0 Å². The van der Waals surface area contributed by atoms with Crippen molar-refractivity contribution in [2.45, 2.75) is 120 Å². The lowest BCUT2D eigenvalue weighted by molar-refractivity contribution is -0.159. The van der Waals surface area contributed by atoms with Crippen molar-refractivity contribution in [1.82, 2.24) is 9.80 Å². The van der Waals surface area contributed by atoms with E-state index in [9.17, 15) is 9.90 Å². The van der Waals surface area contributed by atoms with Crippen molar-refractivity contribution in [3.8, 4) is 23.0 Å².